The van der Waals surface area contributed by atoms with Crippen LogP contribution in [-0.4, -0.2) is 49.1 Å². The second-order valence-electron chi connectivity index (χ2n) is 6.75. The Kier molecular flexibility index (Phi) is 6.25. The summed E-state index contributed by atoms with van der Waals surface area (Å²) in [6.45, 7) is 2.39. The highest BCUT2D eigenvalue weighted by molar-refractivity contribution is 6.47. The van der Waals surface area contributed by atoms with Crippen LogP contribution in [0, 0.1) is 6.92 Å². The molecule has 2 aromatic rings. The van der Waals surface area contributed by atoms with E-state index in [0.29, 0.717) is 5.75 Å². The van der Waals surface area contributed by atoms with Gasteiger partial charge in [-0.3, -0.25) is 9.59 Å². The van der Waals surface area contributed by atoms with E-state index >= 15 is 0 Å². The first-order valence-corrected chi connectivity index (χ1v) is 9.44. The van der Waals surface area contributed by atoms with Crippen molar-refractivity contribution in [2.45, 2.75) is 13.0 Å². The van der Waals surface area contributed by atoms with Crippen LogP contribution in [-0.2, 0) is 14.3 Å². The maximum Gasteiger partial charge on any atom is 0.295 e. The van der Waals surface area contributed by atoms with E-state index in [1.165, 1.54) is 25.2 Å². The predicted molar refractivity (Wildman–Crippen MR) is 110 cm³/mol. The van der Waals surface area contributed by atoms with Gasteiger partial charge in [0.05, 0.1) is 30.4 Å². The number of benzene rings is 2. The van der Waals surface area contributed by atoms with E-state index in [1.54, 1.807) is 12.1 Å². The number of amides is 1. The molecule has 1 atom stereocenters. The van der Waals surface area contributed by atoms with Gasteiger partial charge in [0.2, 0.25) is 0 Å². The molecule has 3 rings (SSSR count). The third kappa shape index (κ3) is 3.99. The number of hydrogen-bond donors (Lipinski definition) is 1. The minimum absolute atomic E-state index is 0.00754. The van der Waals surface area contributed by atoms with Crippen LogP contribution in [0.4, 0.5) is 0 Å². The molecule has 1 heterocycles. The van der Waals surface area contributed by atoms with Crippen LogP contribution < -0.4 is 4.74 Å². The van der Waals surface area contributed by atoms with E-state index in [4.69, 9.17) is 21.1 Å². The van der Waals surface area contributed by atoms with Crippen LogP contribution in [0.1, 0.15) is 22.7 Å². The number of hydrogen-bond acceptors (Lipinski definition) is 5. The van der Waals surface area contributed by atoms with Crippen LogP contribution in [0.15, 0.2) is 48.0 Å². The summed E-state index contributed by atoms with van der Waals surface area (Å²) in [5.74, 6) is -1.31. The van der Waals surface area contributed by atoms with Crippen molar-refractivity contribution < 1.29 is 24.2 Å². The minimum Gasteiger partial charge on any atom is -0.507 e. The summed E-state index contributed by atoms with van der Waals surface area (Å²) in [6, 6.07) is 11.5. The Morgan fingerprint density at radius 2 is 1.93 bits per heavy atom. The highest BCUT2D eigenvalue weighted by Crippen LogP contribution is 2.41. The first-order chi connectivity index (χ1) is 13.9. The second kappa shape index (κ2) is 8.68. The molecule has 6 nitrogen and oxygen atoms in total. The molecule has 29 heavy (non-hydrogen) atoms. The van der Waals surface area contributed by atoms with Gasteiger partial charge in [-0.2, -0.15) is 0 Å². The van der Waals surface area contributed by atoms with Crippen LogP contribution in [0.2, 0.25) is 5.02 Å². The molecule has 0 aromatic heterocycles. The van der Waals surface area contributed by atoms with E-state index in [0.717, 1.165) is 11.1 Å². The van der Waals surface area contributed by atoms with E-state index in [1.807, 2.05) is 31.2 Å². The van der Waals surface area contributed by atoms with Gasteiger partial charge in [0, 0.05) is 19.2 Å². The van der Waals surface area contributed by atoms with Crippen molar-refractivity contribution >= 4 is 29.1 Å². The summed E-state index contributed by atoms with van der Waals surface area (Å²) in [5, 5.41) is 11.3. The van der Waals surface area contributed by atoms with Crippen molar-refractivity contribution in [2.75, 3.05) is 27.4 Å². The third-order valence-corrected chi connectivity index (χ3v) is 5.19. The highest BCUT2D eigenvalue weighted by atomic mass is 35.5. The molecule has 0 radical (unpaired) electrons. The second-order valence-corrected chi connectivity index (χ2v) is 7.15. The van der Waals surface area contributed by atoms with Gasteiger partial charge in [-0.05, 0) is 30.7 Å². The van der Waals surface area contributed by atoms with Crippen LogP contribution >= 0.6 is 11.6 Å². The topological polar surface area (TPSA) is 76.1 Å². The first kappa shape index (κ1) is 20.9. The molecule has 1 unspecified atom stereocenters. The highest BCUT2D eigenvalue weighted by Gasteiger charge is 2.46. The molecule has 0 spiro atoms. The number of Topliss-reactive ketones (excluding diaryl/α,β-unsaturated/α-hetero) is 1. The summed E-state index contributed by atoms with van der Waals surface area (Å²) in [4.78, 5) is 27.1. The summed E-state index contributed by atoms with van der Waals surface area (Å²) < 4.78 is 10.3. The number of carbonyl (C=O) groups excluding carboxylic acids is 2. The summed E-state index contributed by atoms with van der Waals surface area (Å²) >= 11 is 6.27. The molecule has 0 aliphatic carbocycles. The van der Waals surface area contributed by atoms with E-state index in [9.17, 15) is 14.7 Å². The van der Waals surface area contributed by atoms with Gasteiger partial charge in [-0.15, -0.1) is 0 Å². The number of likely N-dealkylation sites (tertiary alicyclic amines) is 1. The van der Waals surface area contributed by atoms with Gasteiger partial charge in [-0.25, -0.2) is 0 Å². The van der Waals surface area contributed by atoms with Gasteiger partial charge >= 0.3 is 0 Å². The summed E-state index contributed by atoms with van der Waals surface area (Å²) in [7, 11) is 3.01. The molecular formula is C22H22ClNO5. The number of methoxy groups -OCH3 is 2. The van der Waals surface area contributed by atoms with Crippen molar-refractivity contribution in [3.8, 4) is 5.75 Å². The number of aliphatic hydroxyl groups is 1. The van der Waals surface area contributed by atoms with Crippen molar-refractivity contribution in [3.05, 3.63) is 69.8 Å². The Morgan fingerprint density at radius 1 is 1.17 bits per heavy atom. The smallest absolute Gasteiger partial charge is 0.295 e. The third-order valence-electron chi connectivity index (χ3n) is 4.86. The van der Waals surface area contributed by atoms with Gasteiger partial charge in [-0.1, -0.05) is 41.4 Å². The lowest BCUT2D eigenvalue weighted by Gasteiger charge is -2.25. The molecule has 1 aliphatic heterocycles. The lowest BCUT2D eigenvalue weighted by Crippen LogP contribution is -2.32. The maximum absolute atomic E-state index is 12.9. The lowest BCUT2D eigenvalue weighted by atomic mass is 9.94. The van der Waals surface area contributed by atoms with Gasteiger partial charge in [0.1, 0.15) is 11.5 Å². The van der Waals surface area contributed by atoms with E-state index < -0.39 is 17.7 Å². The fraction of sp³-hybridized carbons (Fsp3) is 0.273. The quantitative estimate of drug-likeness (QED) is 0.442. The largest absolute Gasteiger partial charge is 0.507 e. The number of aryl methyl sites for hydroxylation is 1. The van der Waals surface area contributed by atoms with Crippen molar-refractivity contribution in [1.82, 2.24) is 4.90 Å². The molecule has 1 amide bonds. The SMILES string of the molecule is COCCN1C(=O)C(=O)/C(=C(/O)c2cc(OC)ccc2Cl)C1c1cccc(C)c1. The van der Waals surface area contributed by atoms with Gasteiger partial charge in [0.25, 0.3) is 11.7 Å². The molecule has 152 valence electrons. The number of ketones is 1. The average molecular weight is 416 g/mol. The number of nitrogens with zero attached hydrogens (tertiary/aromatic N) is 1. The predicted octanol–water partition coefficient (Wildman–Crippen LogP) is 3.73. The summed E-state index contributed by atoms with van der Waals surface area (Å²) in [6.07, 6.45) is 0. The molecule has 1 fully saturated rings. The number of rotatable bonds is 6. The number of aliphatic hydroxyl groups excluding tert-OH is 1. The molecule has 0 saturated carbocycles. The zero-order valence-electron chi connectivity index (χ0n) is 16.4. The first-order valence-electron chi connectivity index (χ1n) is 9.06. The van der Waals surface area contributed by atoms with E-state index in [-0.39, 0.29) is 35.1 Å². The number of halogens is 1. The van der Waals surface area contributed by atoms with Crippen LogP contribution in [0.3, 0.4) is 0 Å². The Bertz CT molecular complexity index is 985. The zero-order valence-corrected chi connectivity index (χ0v) is 17.2. The van der Waals surface area contributed by atoms with Crippen LogP contribution in [0.25, 0.3) is 5.76 Å². The standard InChI is InChI=1S/C22H22ClNO5/c1-13-5-4-6-14(11-13)19-18(21(26)22(27)24(19)9-10-28-2)20(25)16-12-15(29-3)7-8-17(16)23/h4-8,11-12,19,25H,9-10H2,1-3H3/b20-18+. The number of ether oxygens (including phenoxy) is 2. The minimum atomic E-state index is -0.760. The fourth-order valence-electron chi connectivity index (χ4n) is 3.44. The van der Waals surface area contributed by atoms with Crippen molar-refractivity contribution in [1.29, 1.82) is 0 Å². The molecule has 7 heteroatoms. The molecule has 1 aliphatic rings. The van der Waals surface area contributed by atoms with E-state index in [2.05, 4.69) is 0 Å². The Balaban J connectivity index is 2.22. The van der Waals surface area contributed by atoms with Crippen molar-refractivity contribution in [3.63, 3.8) is 0 Å². The molecule has 1 N–H and O–H groups in total. The van der Waals surface area contributed by atoms with Gasteiger partial charge < -0.3 is 19.5 Å². The summed E-state index contributed by atoms with van der Waals surface area (Å²) in [5.41, 5.74) is 1.92. The molecule has 0 bridgehead atoms. The lowest BCUT2D eigenvalue weighted by molar-refractivity contribution is -0.140. The fourth-order valence-corrected chi connectivity index (χ4v) is 3.65. The maximum atomic E-state index is 12.9. The van der Waals surface area contributed by atoms with Crippen molar-refractivity contribution in [2.24, 2.45) is 0 Å². The monoisotopic (exact) mass is 415 g/mol. The zero-order chi connectivity index (χ0) is 21.1. The number of carbonyl (C=O) groups is 2. The van der Waals surface area contributed by atoms with Crippen LogP contribution in [0.5, 0.6) is 5.75 Å². The van der Waals surface area contributed by atoms with Gasteiger partial charge in [0.15, 0.2) is 0 Å². The Labute approximate surface area is 174 Å². The normalized spacial score (nSPS) is 18.3. The molecule has 1 saturated heterocycles. The molecule has 2 aromatic carbocycles. The average Bonchev–Trinajstić information content (AvgIpc) is 2.96. The Morgan fingerprint density at radius 3 is 2.59 bits per heavy atom. The molecular weight excluding hydrogens is 394 g/mol. The Hall–Kier alpha value is -2.83.